The second kappa shape index (κ2) is 6.94. The maximum atomic E-state index is 12.4. The minimum absolute atomic E-state index is 0.157. The zero-order valence-electron chi connectivity index (χ0n) is 11.5. The Morgan fingerprint density at radius 2 is 1.62 bits per heavy atom. The molecule has 0 bridgehead atoms. The second-order valence-electron chi connectivity index (χ2n) is 4.63. The lowest BCUT2D eigenvalue weighted by Crippen LogP contribution is -2.17. The summed E-state index contributed by atoms with van der Waals surface area (Å²) in [5, 5.41) is 2.95. The molecule has 0 aliphatic carbocycles. The summed E-state index contributed by atoms with van der Waals surface area (Å²) < 4.78 is 2.58. The Labute approximate surface area is 149 Å². The number of carbonyl (C=O) groups excluding carboxylic acids is 1. The molecule has 0 atom stereocenters. The van der Waals surface area contributed by atoms with Crippen molar-refractivity contribution in [3.8, 4) is 0 Å². The highest BCUT2D eigenvalue weighted by Gasteiger charge is 2.13. The number of carbonyl (C=O) groups is 1. The summed E-state index contributed by atoms with van der Waals surface area (Å²) in [6, 6.07) is 11.3. The molecule has 3 nitrogen and oxygen atoms in total. The maximum absolute atomic E-state index is 12.4. The molecule has 0 spiro atoms. The molecular weight excluding hydrogens is 464 g/mol. The number of anilines is 2. The van der Waals surface area contributed by atoms with E-state index in [1.54, 1.807) is 6.07 Å². The Bertz CT molecular complexity index is 687. The first-order valence-electron chi connectivity index (χ1n) is 6.12. The fourth-order valence-corrected chi connectivity index (χ4v) is 3.45. The van der Waals surface area contributed by atoms with Gasteiger partial charge in [0.2, 0.25) is 0 Å². The maximum Gasteiger partial charge on any atom is 0.256 e. The third-order valence-corrected chi connectivity index (χ3v) is 4.51. The Kier molecular flexibility index (Phi) is 5.46. The molecule has 0 heterocycles. The largest absolute Gasteiger partial charge is 0.376 e. The van der Waals surface area contributed by atoms with Gasteiger partial charge in [0.15, 0.2) is 0 Å². The predicted octanol–water partition coefficient (Wildman–Crippen LogP) is 5.29. The Hall–Kier alpha value is -0.850. The molecule has 2 aromatic rings. The van der Waals surface area contributed by atoms with E-state index in [2.05, 4.69) is 53.1 Å². The van der Waals surface area contributed by atoms with E-state index in [9.17, 15) is 4.79 Å². The molecule has 0 aliphatic heterocycles. The SMILES string of the molecule is CN(C)c1ccc(Br)cc1NC(=O)c1ccc(Br)cc1Br. The highest BCUT2D eigenvalue weighted by Crippen LogP contribution is 2.29. The highest BCUT2D eigenvalue weighted by molar-refractivity contribution is 9.11. The van der Waals surface area contributed by atoms with Crippen molar-refractivity contribution in [1.82, 2.24) is 0 Å². The van der Waals surface area contributed by atoms with E-state index in [4.69, 9.17) is 0 Å². The van der Waals surface area contributed by atoms with Gasteiger partial charge in [-0.2, -0.15) is 0 Å². The number of benzene rings is 2. The van der Waals surface area contributed by atoms with Crippen LogP contribution in [0.5, 0.6) is 0 Å². The number of hydrogen-bond donors (Lipinski definition) is 1. The standard InChI is InChI=1S/C15H13Br3N2O/c1-20(2)14-6-4-10(17)8-13(14)19-15(21)11-5-3-9(16)7-12(11)18/h3-8H,1-2H3,(H,19,21). The van der Waals surface area contributed by atoms with E-state index < -0.39 is 0 Å². The molecule has 21 heavy (non-hydrogen) atoms. The van der Waals surface area contributed by atoms with Gasteiger partial charge in [-0.3, -0.25) is 4.79 Å². The first kappa shape index (κ1) is 16.5. The highest BCUT2D eigenvalue weighted by atomic mass is 79.9. The fraction of sp³-hybridized carbons (Fsp3) is 0.133. The molecule has 110 valence electrons. The van der Waals surface area contributed by atoms with Crippen molar-refractivity contribution in [3.63, 3.8) is 0 Å². The Morgan fingerprint density at radius 3 is 2.24 bits per heavy atom. The molecule has 1 N–H and O–H groups in total. The molecular formula is C15H13Br3N2O. The zero-order valence-corrected chi connectivity index (χ0v) is 16.2. The summed E-state index contributed by atoms with van der Waals surface area (Å²) in [5.41, 5.74) is 2.29. The van der Waals surface area contributed by atoms with Gasteiger partial charge in [0.05, 0.1) is 16.9 Å². The van der Waals surface area contributed by atoms with Crippen LogP contribution >= 0.6 is 47.8 Å². The van der Waals surface area contributed by atoms with Crippen molar-refractivity contribution in [1.29, 1.82) is 0 Å². The van der Waals surface area contributed by atoms with Crippen molar-refractivity contribution >= 4 is 65.1 Å². The van der Waals surface area contributed by atoms with Crippen molar-refractivity contribution < 1.29 is 4.79 Å². The Balaban J connectivity index is 2.33. The summed E-state index contributed by atoms with van der Waals surface area (Å²) in [4.78, 5) is 14.4. The van der Waals surface area contributed by atoms with Crippen LogP contribution in [0, 0.1) is 0 Å². The summed E-state index contributed by atoms with van der Waals surface area (Å²) >= 11 is 10.2. The summed E-state index contributed by atoms with van der Waals surface area (Å²) in [6.45, 7) is 0. The third kappa shape index (κ3) is 4.08. The van der Waals surface area contributed by atoms with E-state index in [0.717, 1.165) is 24.8 Å². The van der Waals surface area contributed by atoms with E-state index in [-0.39, 0.29) is 5.91 Å². The number of rotatable bonds is 3. The molecule has 6 heteroatoms. The minimum Gasteiger partial charge on any atom is -0.376 e. The van der Waals surface area contributed by atoms with Crippen molar-refractivity contribution in [2.75, 3.05) is 24.3 Å². The average Bonchev–Trinajstić information content (AvgIpc) is 2.37. The van der Waals surface area contributed by atoms with Crippen LogP contribution in [0.4, 0.5) is 11.4 Å². The van der Waals surface area contributed by atoms with Gasteiger partial charge in [0.25, 0.3) is 5.91 Å². The molecule has 0 aromatic heterocycles. The van der Waals surface area contributed by atoms with Crippen molar-refractivity contribution in [2.24, 2.45) is 0 Å². The first-order chi connectivity index (χ1) is 9.88. The molecule has 2 rings (SSSR count). The van der Waals surface area contributed by atoms with E-state index in [1.165, 1.54) is 0 Å². The number of amides is 1. The van der Waals surface area contributed by atoms with Gasteiger partial charge in [-0.15, -0.1) is 0 Å². The zero-order chi connectivity index (χ0) is 15.6. The average molecular weight is 477 g/mol. The van der Waals surface area contributed by atoms with Gasteiger partial charge in [-0.1, -0.05) is 31.9 Å². The third-order valence-electron chi connectivity index (χ3n) is 2.86. The van der Waals surface area contributed by atoms with Crippen LogP contribution in [0.2, 0.25) is 0 Å². The van der Waals surface area contributed by atoms with Crippen LogP contribution in [0.3, 0.4) is 0 Å². The summed E-state index contributed by atoms with van der Waals surface area (Å²) in [7, 11) is 3.88. The fourth-order valence-electron chi connectivity index (χ4n) is 1.86. The topological polar surface area (TPSA) is 32.3 Å². The summed E-state index contributed by atoms with van der Waals surface area (Å²) in [6.07, 6.45) is 0. The first-order valence-corrected chi connectivity index (χ1v) is 8.49. The van der Waals surface area contributed by atoms with Gasteiger partial charge in [0.1, 0.15) is 0 Å². The van der Waals surface area contributed by atoms with E-state index in [1.807, 2.05) is 49.3 Å². The van der Waals surface area contributed by atoms with Crippen LogP contribution in [0.1, 0.15) is 10.4 Å². The molecule has 0 fully saturated rings. The van der Waals surface area contributed by atoms with E-state index in [0.29, 0.717) is 5.56 Å². The van der Waals surface area contributed by atoms with Crippen LogP contribution < -0.4 is 10.2 Å². The van der Waals surface area contributed by atoms with Crippen molar-refractivity contribution in [3.05, 3.63) is 55.4 Å². The predicted molar refractivity (Wildman–Crippen MR) is 98.3 cm³/mol. The number of nitrogens with one attached hydrogen (secondary N) is 1. The molecule has 1 amide bonds. The number of halogens is 3. The smallest absolute Gasteiger partial charge is 0.256 e. The van der Waals surface area contributed by atoms with Gasteiger partial charge in [-0.05, 0) is 52.3 Å². The van der Waals surface area contributed by atoms with Crippen LogP contribution in [-0.2, 0) is 0 Å². The normalized spacial score (nSPS) is 10.3. The van der Waals surface area contributed by atoms with Gasteiger partial charge in [0, 0.05) is 27.5 Å². The molecule has 0 radical (unpaired) electrons. The molecule has 2 aromatic carbocycles. The Morgan fingerprint density at radius 1 is 1.00 bits per heavy atom. The minimum atomic E-state index is -0.157. The number of nitrogens with zero attached hydrogens (tertiary/aromatic N) is 1. The van der Waals surface area contributed by atoms with Crippen LogP contribution in [0.25, 0.3) is 0 Å². The number of hydrogen-bond acceptors (Lipinski definition) is 2. The molecule has 0 unspecified atom stereocenters. The molecule has 0 saturated heterocycles. The van der Waals surface area contributed by atoms with Gasteiger partial charge < -0.3 is 10.2 Å². The monoisotopic (exact) mass is 474 g/mol. The van der Waals surface area contributed by atoms with Gasteiger partial charge in [-0.25, -0.2) is 0 Å². The lowest BCUT2D eigenvalue weighted by Gasteiger charge is -2.18. The van der Waals surface area contributed by atoms with Crippen LogP contribution in [-0.4, -0.2) is 20.0 Å². The second-order valence-corrected chi connectivity index (χ2v) is 7.32. The van der Waals surface area contributed by atoms with Gasteiger partial charge >= 0.3 is 0 Å². The lowest BCUT2D eigenvalue weighted by molar-refractivity contribution is 0.102. The van der Waals surface area contributed by atoms with Crippen LogP contribution in [0.15, 0.2) is 49.8 Å². The lowest BCUT2D eigenvalue weighted by atomic mass is 10.2. The molecule has 0 aliphatic rings. The van der Waals surface area contributed by atoms with E-state index >= 15 is 0 Å². The van der Waals surface area contributed by atoms with Crippen molar-refractivity contribution in [2.45, 2.75) is 0 Å². The molecule has 0 saturated carbocycles. The summed E-state index contributed by atoms with van der Waals surface area (Å²) in [5.74, 6) is -0.157. The quantitative estimate of drug-likeness (QED) is 0.652.